The van der Waals surface area contributed by atoms with Gasteiger partial charge in [0.1, 0.15) is 5.76 Å². The summed E-state index contributed by atoms with van der Waals surface area (Å²) in [7, 11) is -3.50. The number of furan rings is 1. The lowest BCUT2D eigenvalue weighted by Gasteiger charge is -2.22. The summed E-state index contributed by atoms with van der Waals surface area (Å²) >= 11 is 0. The number of nitrogens with zero attached hydrogens (tertiary/aromatic N) is 2. The molecule has 30 heavy (non-hydrogen) atoms. The number of amides is 1. The maximum absolute atomic E-state index is 13.2. The standard InChI is InChI=1S/C23H24N2O4S/c26-23(20-10-12-22(13-11-20)30(27,28)25-14-4-5-15-25)24(18-21-9-6-16-29-21)17-19-7-2-1-3-8-19/h1-3,6-13,16H,4-5,14-15,17-18H2. The molecule has 156 valence electrons. The van der Waals surface area contributed by atoms with Gasteiger partial charge in [0.15, 0.2) is 0 Å². The highest BCUT2D eigenvalue weighted by Gasteiger charge is 2.27. The molecule has 0 aliphatic carbocycles. The summed E-state index contributed by atoms with van der Waals surface area (Å²) in [6, 6.07) is 19.6. The molecular formula is C23H24N2O4S. The van der Waals surface area contributed by atoms with Crippen LogP contribution in [0.1, 0.15) is 34.5 Å². The number of carbonyl (C=O) groups excluding carboxylic acids is 1. The van der Waals surface area contributed by atoms with Gasteiger partial charge in [-0.2, -0.15) is 4.31 Å². The zero-order chi connectivity index (χ0) is 21.0. The molecule has 4 rings (SSSR count). The van der Waals surface area contributed by atoms with E-state index < -0.39 is 10.0 Å². The fourth-order valence-corrected chi connectivity index (χ4v) is 5.14. The van der Waals surface area contributed by atoms with Gasteiger partial charge in [0.2, 0.25) is 10.0 Å². The van der Waals surface area contributed by atoms with Gasteiger partial charge in [0.05, 0.1) is 17.7 Å². The Morgan fingerprint density at radius 3 is 2.23 bits per heavy atom. The molecule has 0 N–H and O–H groups in total. The molecule has 7 heteroatoms. The van der Waals surface area contributed by atoms with Crippen LogP contribution in [0.4, 0.5) is 0 Å². The van der Waals surface area contributed by atoms with E-state index in [1.165, 1.54) is 16.4 Å². The van der Waals surface area contributed by atoms with E-state index >= 15 is 0 Å². The highest BCUT2D eigenvalue weighted by atomic mass is 32.2. The normalized spacial score (nSPS) is 14.7. The topological polar surface area (TPSA) is 70.8 Å². The second kappa shape index (κ2) is 8.85. The Kier molecular flexibility index (Phi) is 6.01. The van der Waals surface area contributed by atoms with Gasteiger partial charge in [-0.1, -0.05) is 30.3 Å². The molecule has 0 saturated carbocycles. The largest absolute Gasteiger partial charge is 0.467 e. The molecule has 1 saturated heterocycles. The molecule has 1 aliphatic rings. The van der Waals surface area contributed by atoms with Crippen molar-refractivity contribution in [1.82, 2.24) is 9.21 Å². The van der Waals surface area contributed by atoms with E-state index in [-0.39, 0.29) is 10.8 Å². The molecule has 2 heterocycles. The molecule has 6 nitrogen and oxygen atoms in total. The predicted molar refractivity (Wildman–Crippen MR) is 113 cm³/mol. The monoisotopic (exact) mass is 424 g/mol. The van der Waals surface area contributed by atoms with Gasteiger partial charge in [-0.15, -0.1) is 0 Å². The summed E-state index contributed by atoms with van der Waals surface area (Å²) in [6.45, 7) is 1.86. The third-order valence-electron chi connectivity index (χ3n) is 5.23. The Hall–Kier alpha value is -2.90. The first-order valence-electron chi connectivity index (χ1n) is 10.00. The van der Waals surface area contributed by atoms with Crippen molar-refractivity contribution in [2.24, 2.45) is 0 Å². The molecule has 1 fully saturated rings. The zero-order valence-electron chi connectivity index (χ0n) is 16.6. The van der Waals surface area contributed by atoms with Crippen LogP contribution in [0.15, 0.2) is 82.3 Å². The number of carbonyl (C=O) groups is 1. The predicted octanol–water partition coefficient (Wildman–Crippen LogP) is 3.91. The zero-order valence-corrected chi connectivity index (χ0v) is 17.4. The van der Waals surface area contributed by atoms with Gasteiger partial charge >= 0.3 is 0 Å². The third kappa shape index (κ3) is 4.47. The Morgan fingerprint density at radius 1 is 0.900 bits per heavy atom. The van der Waals surface area contributed by atoms with E-state index in [0.29, 0.717) is 37.5 Å². The van der Waals surface area contributed by atoms with Crippen LogP contribution >= 0.6 is 0 Å². The molecule has 0 unspecified atom stereocenters. The van der Waals surface area contributed by atoms with Crippen molar-refractivity contribution in [2.45, 2.75) is 30.8 Å². The summed E-state index contributed by atoms with van der Waals surface area (Å²) in [4.78, 5) is 15.1. The number of sulfonamides is 1. The van der Waals surface area contributed by atoms with E-state index in [9.17, 15) is 13.2 Å². The van der Waals surface area contributed by atoms with Crippen molar-refractivity contribution in [3.05, 3.63) is 89.9 Å². The molecule has 1 aromatic heterocycles. The average molecular weight is 425 g/mol. The number of hydrogen-bond acceptors (Lipinski definition) is 4. The van der Waals surface area contributed by atoms with Crippen molar-refractivity contribution < 1.29 is 17.6 Å². The lowest BCUT2D eigenvalue weighted by Crippen LogP contribution is -2.30. The molecule has 0 radical (unpaired) electrons. The second-order valence-electron chi connectivity index (χ2n) is 7.36. The van der Waals surface area contributed by atoms with Crippen LogP contribution in [0.2, 0.25) is 0 Å². The summed E-state index contributed by atoms with van der Waals surface area (Å²) in [6.07, 6.45) is 3.35. The summed E-state index contributed by atoms with van der Waals surface area (Å²) in [5.74, 6) is 0.507. The van der Waals surface area contributed by atoms with Crippen molar-refractivity contribution >= 4 is 15.9 Å². The molecular weight excluding hydrogens is 400 g/mol. The fourth-order valence-electron chi connectivity index (χ4n) is 3.62. The van der Waals surface area contributed by atoms with Crippen molar-refractivity contribution in [3.63, 3.8) is 0 Å². The fraction of sp³-hybridized carbons (Fsp3) is 0.261. The first-order valence-corrected chi connectivity index (χ1v) is 11.4. The number of hydrogen-bond donors (Lipinski definition) is 0. The van der Waals surface area contributed by atoms with Gasteiger partial charge in [-0.25, -0.2) is 8.42 Å². The van der Waals surface area contributed by atoms with Crippen LogP contribution < -0.4 is 0 Å². The van der Waals surface area contributed by atoms with Crippen LogP contribution in [0.25, 0.3) is 0 Å². The molecule has 0 spiro atoms. The van der Waals surface area contributed by atoms with Crippen LogP contribution in [0, 0.1) is 0 Å². The Morgan fingerprint density at radius 2 is 1.60 bits per heavy atom. The number of benzene rings is 2. The first-order chi connectivity index (χ1) is 14.5. The minimum atomic E-state index is -3.50. The summed E-state index contributed by atoms with van der Waals surface area (Å²) < 4.78 is 32.4. The van der Waals surface area contributed by atoms with Gasteiger partial charge in [-0.05, 0) is 54.8 Å². The van der Waals surface area contributed by atoms with E-state index in [4.69, 9.17) is 4.42 Å². The highest BCUT2D eigenvalue weighted by Crippen LogP contribution is 2.22. The minimum absolute atomic E-state index is 0.180. The summed E-state index contributed by atoms with van der Waals surface area (Å²) in [5, 5.41) is 0. The minimum Gasteiger partial charge on any atom is -0.467 e. The lowest BCUT2D eigenvalue weighted by atomic mass is 10.1. The molecule has 3 aromatic rings. The smallest absolute Gasteiger partial charge is 0.254 e. The molecule has 0 atom stereocenters. The Balaban J connectivity index is 1.56. The average Bonchev–Trinajstić information content (AvgIpc) is 3.48. The number of rotatable bonds is 7. The van der Waals surface area contributed by atoms with Gasteiger partial charge < -0.3 is 9.32 Å². The Labute approximate surface area is 176 Å². The molecule has 0 bridgehead atoms. The maximum Gasteiger partial charge on any atom is 0.254 e. The van der Waals surface area contributed by atoms with Gasteiger partial charge in [0.25, 0.3) is 5.91 Å². The van der Waals surface area contributed by atoms with E-state index in [2.05, 4.69) is 0 Å². The van der Waals surface area contributed by atoms with Crippen LogP contribution in [0.5, 0.6) is 0 Å². The van der Waals surface area contributed by atoms with Crippen molar-refractivity contribution in [1.29, 1.82) is 0 Å². The lowest BCUT2D eigenvalue weighted by molar-refractivity contribution is 0.0717. The molecule has 1 amide bonds. The first kappa shape index (κ1) is 20.4. The van der Waals surface area contributed by atoms with Crippen molar-refractivity contribution in [2.75, 3.05) is 13.1 Å². The van der Waals surface area contributed by atoms with E-state index in [0.717, 1.165) is 18.4 Å². The Bertz CT molecular complexity index is 1070. The van der Waals surface area contributed by atoms with Gasteiger partial charge in [-0.3, -0.25) is 4.79 Å². The molecule has 2 aromatic carbocycles. The van der Waals surface area contributed by atoms with Crippen LogP contribution in [-0.2, 0) is 23.1 Å². The van der Waals surface area contributed by atoms with E-state index in [1.807, 2.05) is 36.4 Å². The SMILES string of the molecule is O=C(c1ccc(S(=O)(=O)N2CCCC2)cc1)N(Cc1ccccc1)Cc1ccco1. The van der Waals surface area contributed by atoms with Crippen LogP contribution in [0.3, 0.4) is 0 Å². The molecule has 1 aliphatic heterocycles. The van der Waals surface area contributed by atoms with E-state index in [1.54, 1.807) is 29.4 Å². The highest BCUT2D eigenvalue weighted by molar-refractivity contribution is 7.89. The maximum atomic E-state index is 13.2. The van der Waals surface area contributed by atoms with Gasteiger partial charge in [0, 0.05) is 25.2 Å². The quantitative estimate of drug-likeness (QED) is 0.577. The third-order valence-corrected chi connectivity index (χ3v) is 7.15. The van der Waals surface area contributed by atoms with Crippen molar-refractivity contribution in [3.8, 4) is 0 Å². The second-order valence-corrected chi connectivity index (χ2v) is 9.30. The summed E-state index contributed by atoms with van der Waals surface area (Å²) in [5.41, 5.74) is 1.45. The van der Waals surface area contributed by atoms with Crippen LogP contribution in [-0.4, -0.2) is 36.6 Å².